The van der Waals surface area contributed by atoms with E-state index in [2.05, 4.69) is 35.6 Å². The molecule has 3 N–H and O–H groups in total. The maximum Gasteiger partial charge on any atom is 0.223 e. The monoisotopic (exact) mass is 392 g/mol. The van der Waals surface area contributed by atoms with Gasteiger partial charge in [-0.25, -0.2) is 19.9 Å². The Hall–Kier alpha value is -4.33. The molecule has 0 saturated heterocycles. The van der Waals surface area contributed by atoms with E-state index in [0.29, 0.717) is 12.5 Å². The molecule has 0 bridgehead atoms. The highest BCUT2D eigenvalue weighted by Crippen LogP contribution is 2.41. The lowest BCUT2D eigenvalue weighted by molar-refractivity contribution is 1.06. The molecule has 0 fully saturated rings. The van der Waals surface area contributed by atoms with Crippen LogP contribution in [0, 0.1) is 0 Å². The summed E-state index contributed by atoms with van der Waals surface area (Å²) in [6, 6.07) is 9.90. The fourth-order valence-corrected chi connectivity index (χ4v) is 3.77. The van der Waals surface area contributed by atoms with Gasteiger partial charge in [-0.2, -0.15) is 0 Å². The Kier molecular flexibility index (Phi) is 3.67. The van der Waals surface area contributed by atoms with Crippen LogP contribution < -0.4 is 10.6 Å². The molecule has 8 heteroatoms. The van der Waals surface area contributed by atoms with E-state index in [-0.39, 0.29) is 0 Å². The summed E-state index contributed by atoms with van der Waals surface area (Å²) in [5.74, 6) is 1.31. The van der Waals surface area contributed by atoms with Crippen LogP contribution in [0.5, 0.6) is 0 Å². The van der Waals surface area contributed by atoms with E-state index in [1.165, 1.54) is 0 Å². The number of hydrogen-bond donors (Lipinski definition) is 3. The van der Waals surface area contributed by atoms with E-state index >= 15 is 0 Å². The van der Waals surface area contributed by atoms with Gasteiger partial charge in [-0.05, 0) is 35.9 Å². The number of H-pyrrole nitrogens is 1. The molecule has 144 valence electrons. The summed E-state index contributed by atoms with van der Waals surface area (Å²) >= 11 is 0. The number of hydrogen-bond acceptors (Lipinski definition) is 7. The Morgan fingerprint density at radius 3 is 2.87 bits per heavy atom. The lowest BCUT2D eigenvalue weighted by Gasteiger charge is -2.11. The normalized spacial score (nSPS) is 11.7. The molecule has 0 atom stereocenters. The topological polar surface area (TPSA) is 104 Å². The van der Waals surface area contributed by atoms with Gasteiger partial charge in [-0.3, -0.25) is 4.98 Å². The van der Waals surface area contributed by atoms with Crippen LogP contribution >= 0.6 is 0 Å². The fraction of sp³-hybridized carbons (Fsp3) is 0.0455. The molecule has 1 aliphatic rings. The van der Waals surface area contributed by atoms with E-state index in [0.717, 1.165) is 50.5 Å². The van der Waals surface area contributed by atoms with E-state index in [9.17, 15) is 0 Å². The lowest BCUT2D eigenvalue weighted by Crippen LogP contribution is -2.05. The Bertz CT molecular complexity index is 1390. The summed E-state index contributed by atoms with van der Waals surface area (Å²) in [7, 11) is 0. The number of aromatic amines is 1. The molecule has 0 amide bonds. The average molecular weight is 392 g/mol. The van der Waals surface area contributed by atoms with Crippen molar-refractivity contribution in [1.29, 1.82) is 0 Å². The third-order valence-corrected chi connectivity index (χ3v) is 5.20. The second-order valence-corrected chi connectivity index (χ2v) is 6.97. The zero-order valence-electron chi connectivity index (χ0n) is 15.8. The van der Waals surface area contributed by atoms with Crippen LogP contribution in [-0.2, 0) is 6.54 Å². The first-order valence-corrected chi connectivity index (χ1v) is 9.55. The van der Waals surface area contributed by atoms with Crippen molar-refractivity contribution in [3.05, 3.63) is 73.1 Å². The summed E-state index contributed by atoms with van der Waals surface area (Å²) in [4.78, 5) is 25.6. The molecule has 30 heavy (non-hydrogen) atoms. The predicted octanol–water partition coefficient (Wildman–Crippen LogP) is 4.15. The fourth-order valence-electron chi connectivity index (χ4n) is 3.77. The largest absolute Gasteiger partial charge is 0.350 e. The van der Waals surface area contributed by atoms with Crippen LogP contribution in [0.15, 0.2) is 67.5 Å². The van der Waals surface area contributed by atoms with Crippen molar-refractivity contribution in [3.8, 4) is 22.4 Å². The minimum absolute atomic E-state index is 0.557. The van der Waals surface area contributed by atoms with Gasteiger partial charge in [0, 0.05) is 59.6 Å². The second kappa shape index (κ2) is 6.63. The zero-order valence-corrected chi connectivity index (χ0v) is 15.8. The zero-order chi connectivity index (χ0) is 19.9. The van der Waals surface area contributed by atoms with Crippen LogP contribution in [0.2, 0.25) is 0 Å². The number of rotatable bonds is 3. The van der Waals surface area contributed by atoms with Gasteiger partial charge in [-0.1, -0.05) is 0 Å². The van der Waals surface area contributed by atoms with E-state index < -0.39 is 0 Å². The standard InChI is InChI=1S/C22H16N8/c1-2-16-19-17(15-4-7-23-12-18(15)29-21(16)24-6-1)11-28-22(30-19)27-10-13-3-8-25-20-14(13)5-9-26-20/h1-9,11-12H,10H2,(H,24,29)(H,25,26)(H,27,28,30). The highest BCUT2D eigenvalue weighted by molar-refractivity contribution is 5.95. The van der Waals surface area contributed by atoms with Gasteiger partial charge >= 0.3 is 0 Å². The van der Waals surface area contributed by atoms with Gasteiger partial charge < -0.3 is 15.6 Å². The first-order chi connectivity index (χ1) is 14.9. The predicted molar refractivity (Wildman–Crippen MR) is 115 cm³/mol. The summed E-state index contributed by atoms with van der Waals surface area (Å²) in [5.41, 5.74) is 6.56. The highest BCUT2D eigenvalue weighted by Gasteiger charge is 2.22. The number of nitrogens with one attached hydrogen (secondary N) is 3. The molecular weight excluding hydrogens is 376 g/mol. The van der Waals surface area contributed by atoms with Crippen LogP contribution in [-0.4, -0.2) is 29.9 Å². The number of nitrogens with zero attached hydrogens (tertiary/aromatic N) is 5. The molecule has 8 nitrogen and oxygen atoms in total. The maximum absolute atomic E-state index is 4.85. The minimum Gasteiger partial charge on any atom is -0.350 e. The van der Waals surface area contributed by atoms with Crippen LogP contribution in [0.1, 0.15) is 5.56 Å². The van der Waals surface area contributed by atoms with E-state index in [1.54, 1.807) is 24.8 Å². The number of fused-ring (bicyclic) bond motifs is 6. The molecule has 0 spiro atoms. The number of anilines is 3. The molecule has 0 unspecified atom stereocenters. The van der Waals surface area contributed by atoms with E-state index in [4.69, 9.17) is 4.98 Å². The van der Waals surface area contributed by atoms with Crippen molar-refractivity contribution in [1.82, 2.24) is 29.9 Å². The molecule has 0 saturated carbocycles. The molecule has 1 aliphatic heterocycles. The third kappa shape index (κ3) is 2.66. The molecule has 0 radical (unpaired) electrons. The Labute approximate surface area is 171 Å². The second-order valence-electron chi connectivity index (χ2n) is 6.97. The van der Waals surface area contributed by atoms with Crippen LogP contribution in [0.3, 0.4) is 0 Å². The number of pyridine rings is 3. The molecule has 0 aliphatic carbocycles. The summed E-state index contributed by atoms with van der Waals surface area (Å²) in [6.45, 7) is 0.592. The van der Waals surface area contributed by atoms with Crippen LogP contribution in [0.4, 0.5) is 17.5 Å². The van der Waals surface area contributed by atoms with Gasteiger partial charge in [0.2, 0.25) is 5.95 Å². The first-order valence-electron chi connectivity index (χ1n) is 9.55. The third-order valence-electron chi connectivity index (χ3n) is 5.20. The molecule has 6 heterocycles. The Morgan fingerprint density at radius 1 is 0.867 bits per heavy atom. The summed E-state index contributed by atoms with van der Waals surface area (Å²) < 4.78 is 0. The summed E-state index contributed by atoms with van der Waals surface area (Å²) in [5, 5.41) is 7.81. The van der Waals surface area contributed by atoms with Gasteiger partial charge in [0.05, 0.1) is 17.6 Å². The van der Waals surface area contributed by atoms with Gasteiger partial charge in [0.25, 0.3) is 0 Å². The molecule has 5 aromatic heterocycles. The smallest absolute Gasteiger partial charge is 0.223 e. The van der Waals surface area contributed by atoms with Crippen molar-refractivity contribution in [2.45, 2.75) is 6.54 Å². The highest BCUT2D eigenvalue weighted by atomic mass is 15.1. The van der Waals surface area contributed by atoms with E-state index in [1.807, 2.05) is 42.7 Å². The van der Waals surface area contributed by atoms with Crippen molar-refractivity contribution >= 4 is 28.5 Å². The molecule has 6 rings (SSSR count). The van der Waals surface area contributed by atoms with Crippen molar-refractivity contribution in [2.75, 3.05) is 10.6 Å². The number of aromatic nitrogens is 6. The van der Waals surface area contributed by atoms with Gasteiger partial charge in [0.15, 0.2) is 0 Å². The van der Waals surface area contributed by atoms with Crippen molar-refractivity contribution in [2.24, 2.45) is 0 Å². The summed E-state index contributed by atoms with van der Waals surface area (Å²) in [6.07, 6.45) is 10.9. The van der Waals surface area contributed by atoms with Crippen LogP contribution in [0.25, 0.3) is 33.4 Å². The Balaban J connectivity index is 1.42. The van der Waals surface area contributed by atoms with Gasteiger partial charge in [0.1, 0.15) is 11.5 Å². The first kappa shape index (κ1) is 16.6. The minimum atomic E-state index is 0.557. The maximum atomic E-state index is 4.85. The average Bonchev–Trinajstić information content (AvgIpc) is 3.23. The molecule has 0 aromatic carbocycles. The van der Waals surface area contributed by atoms with Gasteiger partial charge in [-0.15, -0.1) is 0 Å². The molecule has 5 aromatic rings. The Morgan fingerprint density at radius 2 is 1.87 bits per heavy atom. The lowest BCUT2D eigenvalue weighted by atomic mass is 10.0. The quantitative estimate of drug-likeness (QED) is 0.416. The molecular formula is C22H16N8. The SMILES string of the molecule is c1cnc2c(c1)-c1nc(NCc3ccnc4[nH]ccc34)ncc1-c1ccncc1N2. The van der Waals surface area contributed by atoms with Crippen molar-refractivity contribution < 1.29 is 0 Å². The van der Waals surface area contributed by atoms with Crippen molar-refractivity contribution in [3.63, 3.8) is 0 Å².